The first-order chi connectivity index (χ1) is 13.1. The Morgan fingerprint density at radius 3 is 2.81 bits per heavy atom. The molecule has 1 heterocycles. The van der Waals surface area contributed by atoms with Crippen LogP contribution in [0.3, 0.4) is 0 Å². The maximum atomic E-state index is 10.1. The van der Waals surface area contributed by atoms with Crippen LogP contribution < -0.4 is 15.2 Å². The van der Waals surface area contributed by atoms with E-state index in [1.807, 2.05) is 18.2 Å². The van der Waals surface area contributed by atoms with Gasteiger partial charge in [-0.15, -0.1) is 0 Å². The number of benzene rings is 1. The van der Waals surface area contributed by atoms with Crippen LogP contribution in [0.15, 0.2) is 24.4 Å². The van der Waals surface area contributed by atoms with Crippen LogP contribution >= 0.6 is 0 Å². The van der Waals surface area contributed by atoms with Crippen molar-refractivity contribution >= 4 is 5.95 Å². The van der Waals surface area contributed by atoms with Crippen molar-refractivity contribution in [2.75, 3.05) is 12.8 Å². The molecule has 1 unspecified atom stereocenters. The predicted octanol–water partition coefficient (Wildman–Crippen LogP) is 3.34. The van der Waals surface area contributed by atoms with Gasteiger partial charge in [0, 0.05) is 11.9 Å². The standard InChI is InChI=1S/C21H24N4O2/c1-26-18-7-6-15(10-19(18)27-16-4-2-3-5-16)21(13-22)9-8-17-14(11-21)12-24-20(23)25-17/h6-7,10,12,16H,2-5,8-9,11H2,1H3,(H2,23,24,25). The average Bonchev–Trinajstić information content (AvgIpc) is 3.20. The van der Waals surface area contributed by atoms with Crippen molar-refractivity contribution in [3.63, 3.8) is 0 Å². The van der Waals surface area contributed by atoms with Crippen LogP contribution in [0.25, 0.3) is 0 Å². The Bertz CT molecular complexity index is 886. The van der Waals surface area contributed by atoms with E-state index < -0.39 is 5.41 Å². The first-order valence-corrected chi connectivity index (χ1v) is 9.50. The molecule has 1 aromatic carbocycles. The van der Waals surface area contributed by atoms with Gasteiger partial charge in [-0.3, -0.25) is 0 Å². The summed E-state index contributed by atoms with van der Waals surface area (Å²) in [5, 5.41) is 10.1. The van der Waals surface area contributed by atoms with Crippen LogP contribution in [0.1, 0.15) is 48.9 Å². The molecule has 2 N–H and O–H groups in total. The highest BCUT2D eigenvalue weighted by Crippen LogP contribution is 2.41. The summed E-state index contributed by atoms with van der Waals surface area (Å²) >= 11 is 0. The second-order valence-electron chi connectivity index (χ2n) is 7.46. The van der Waals surface area contributed by atoms with E-state index >= 15 is 0 Å². The number of hydrogen-bond donors (Lipinski definition) is 1. The van der Waals surface area contributed by atoms with Gasteiger partial charge in [0.05, 0.1) is 24.7 Å². The van der Waals surface area contributed by atoms with Crippen LogP contribution in [0.4, 0.5) is 5.95 Å². The minimum absolute atomic E-state index is 0.232. The lowest BCUT2D eigenvalue weighted by molar-refractivity contribution is 0.200. The molecule has 0 saturated heterocycles. The first-order valence-electron chi connectivity index (χ1n) is 9.50. The van der Waals surface area contributed by atoms with Crippen molar-refractivity contribution in [2.45, 2.75) is 56.5 Å². The van der Waals surface area contributed by atoms with E-state index in [0.717, 1.165) is 35.4 Å². The molecule has 1 fully saturated rings. The van der Waals surface area contributed by atoms with Crippen LogP contribution in [-0.2, 0) is 18.3 Å². The summed E-state index contributed by atoms with van der Waals surface area (Å²) in [5.41, 5.74) is 7.99. The Kier molecular flexibility index (Phi) is 4.61. The van der Waals surface area contributed by atoms with Crippen LogP contribution in [0.5, 0.6) is 11.5 Å². The largest absolute Gasteiger partial charge is 0.493 e. The van der Waals surface area contributed by atoms with E-state index in [1.54, 1.807) is 13.3 Å². The topological polar surface area (TPSA) is 94.0 Å². The Hall–Kier alpha value is -2.81. The van der Waals surface area contributed by atoms with Gasteiger partial charge in [-0.2, -0.15) is 5.26 Å². The number of fused-ring (bicyclic) bond motifs is 1. The lowest BCUT2D eigenvalue weighted by atomic mass is 9.69. The number of hydrogen-bond acceptors (Lipinski definition) is 6. The number of rotatable bonds is 4. The van der Waals surface area contributed by atoms with E-state index in [4.69, 9.17) is 15.2 Å². The summed E-state index contributed by atoms with van der Waals surface area (Å²) in [6, 6.07) is 8.44. The van der Waals surface area contributed by atoms with Crippen molar-refractivity contribution in [1.82, 2.24) is 9.97 Å². The third kappa shape index (κ3) is 3.30. The Balaban J connectivity index is 1.68. The van der Waals surface area contributed by atoms with Crippen LogP contribution in [0.2, 0.25) is 0 Å². The molecule has 2 aliphatic rings. The third-order valence-corrected chi connectivity index (χ3v) is 5.78. The molecular weight excluding hydrogens is 340 g/mol. The molecule has 6 nitrogen and oxygen atoms in total. The number of nitrogen functional groups attached to an aromatic ring is 1. The Labute approximate surface area is 159 Å². The lowest BCUT2D eigenvalue weighted by Gasteiger charge is -2.32. The Morgan fingerprint density at radius 2 is 2.07 bits per heavy atom. The lowest BCUT2D eigenvalue weighted by Crippen LogP contribution is -2.32. The molecule has 140 valence electrons. The van der Waals surface area contributed by atoms with E-state index in [1.165, 1.54) is 12.8 Å². The molecular formula is C21H24N4O2. The number of anilines is 1. The van der Waals surface area contributed by atoms with Crippen molar-refractivity contribution < 1.29 is 9.47 Å². The zero-order valence-electron chi connectivity index (χ0n) is 15.6. The number of ether oxygens (including phenoxy) is 2. The minimum Gasteiger partial charge on any atom is -0.493 e. The average molecular weight is 364 g/mol. The smallest absolute Gasteiger partial charge is 0.220 e. The van der Waals surface area contributed by atoms with Gasteiger partial charge >= 0.3 is 0 Å². The van der Waals surface area contributed by atoms with Crippen molar-refractivity contribution in [1.29, 1.82) is 5.26 Å². The summed E-state index contributed by atoms with van der Waals surface area (Å²) in [6.45, 7) is 0. The molecule has 1 aromatic heterocycles. The van der Waals surface area contributed by atoms with Crippen molar-refractivity contribution in [3.05, 3.63) is 41.2 Å². The zero-order chi connectivity index (χ0) is 18.9. The number of aryl methyl sites for hydroxylation is 1. The summed E-state index contributed by atoms with van der Waals surface area (Å²) in [7, 11) is 1.65. The molecule has 0 amide bonds. The molecule has 1 saturated carbocycles. The number of nitriles is 1. The molecule has 0 bridgehead atoms. The van der Waals surface area contributed by atoms with Gasteiger partial charge in [0.2, 0.25) is 5.95 Å². The molecule has 6 heteroatoms. The summed E-state index contributed by atoms with van der Waals surface area (Å²) in [4.78, 5) is 8.45. The Morgan fingerprint density at radius 1 is 1.26 bits per heavy atom. The molecule has 2 aliphatic carbocycles. The number of aromatic nitrogens is 2. The fourth-order valence-electron chi connectivity index (χ4n) is 4.23. The van der Waals surface area contributed by atoms with Gasteiger partial charge in [-0.05, 0) is 68.2 Å². The molecule has 2 aromatic rings. The molecule has 27 heavy (non-hydrogen) atoms. The van der Waals surface area contributed by atoms with E-state index in [0.29, 0.717) is 25.0 Å². The highest BCUT2D eigenvalue weighted by molar-refractivity contribution is 5.49. The number of nitrogens with two attached hydrogens (primary N) is 1. The zero-order valence-corrected chi connectivity index (χ0v) is 15.6. The quantitative estimate of drug-likeness (QED) is 0.894. The molecule has 0 spiro atoms. The van der Waals surface area contributed by atoms with Crippen LogP contribution in [-0.4, -0.2) is 23.2 Å². The second kappa shape index (κ2) is 7.07. The van der Waals surface area contributed by atoms with Gasteiger partial charge in [-0.25, -0.2) is 9.97 Å². The van der Waals surface area contributed by atoms with Gasteiger partial charge < -0.3 is 15.2 Å². The van der Waals surface area contributed by atoms with Gasteiger partial charge in [0.25, 0.3) is 0 Å². The predicted molar refractivity (Wildman–Crippen MR) is 102 cm³/mol. The summed E-state index contributed by atoms with van der Waals surface area (Å²) < 4.78 is 11.7. The maximum absolute atomic E-state index is 10.1. The fourth-order valence-corrected chi connectivity index (χ4v) is 4.23. The fraction of sp³-hybridized carbons (Fsp3) is 0.476. The summed E-state index contributed by atoms with van der Waals surface area (Å²) in [5.74, 6) is 1.73. The molecule has 1 atom stereocenters. The third-order valence-electron chi connectivity index (χ3n) is 5.78. The molecule has 4 rings (SSSR count). The number of methoxy groups -OCH3 is 1. The highest BCUT2D eigenvalue weighted by atomic mass is 16.5. The highest BCUT2D eigenvalue weighted by Gasteiger charge is 2.38. The van der Waals surface area contributed by atoms with E-state index in [2.05, 4.69) is 16.0 Å². The van der Waals surface area contributed by atoms with Gasteiger partial charge in [0.1, 0.15) is 0 Å². The van der Waals surface area contributed by atoms with Gasteiger partial charge in [-0.1, -0.05) is 6.07 Å². The summed E-state index contributed by atoms with van der Waals surface area (Å²) in [6.07, 6.45) is 8.52. The normalized spacial score (nSPS) is 22.1. The van der Waals surface area contributed by atoms with Crippen molar-refractivity contribution in [2.24, 2.45) is 0 Å². The minimum atomic E-state index is -0.619. The first kappa shape index (κ1) is 17.6. The van der Waals surface area contributed by atoms with Crippen LogP contribution in [0, 0.1) is 11.3 Å². The maximum Gasteiger partial charge on any atom is 0.220 e. The molecule has 0 aliphatic heterocycles. The number of nitrogens with zero attached hydrogens (tertiary/aromatic N) is 3. The SMILES string of the molecule is COc1ccc(C2(C#N)CCc3nc(N)ncc3C2)cc1OC1CCCC1. The monoisotopic (exact) mass is 364 g/mol. The second-order valence-corrected chi connectivity index (χ2v) is 7.46. The van der Waals surface area contributed by atoms with E-state index in [9.17, 15) is 5.26 Å². The van der Waals surface area contributed by atoms with Gasteiger partial charge in [0.15, 0.2) is 11.5 Å². The van der Waals surface area contributed by atoms with Crippen molar-refractivity contribution in [3.8, 4) is 17.6 Å². The van der Waals surface area contributed by atoms with E-state index in [-0.39, 0.29) is 12.1 Å². The molecule has 0 radical (unpaired) electrons.